The van der Waals surface area contributed by atoms with Crippen LogP contribution in [0.2, 0.25) is 0 Å². The molecule has 1 heterocycles. The van der Waals surface area contributed by atoms with Crippen LogP contribution in [0.25, 0.3) is 0 Å². The second-order valence-electron chi connectivity index (χ2n) is 4.37. The van der Waals surface area contributed by atoms with E-state index >= 15 is 0 Å². The minimum Gasteiger partial charge on any atom is -0.439 e. The molecule has 0 saturated heterocycles. The molecule has 0 saturated carbocycles. The van der Waals surface area contributed by atoms with E-state index in [9.17, 15) is 0 Å². The number of nitrogens with zero attached hydrogens (tertiary/aromatic N) is 3. The van der Waals surface area contributed by atoms with Gasteiger partial charge in [-0.3, -0.25) is 0 Å². The number of benzene rings is 1. The molecule has 0 atom stereocenters. The molecule has 100 valence electrons. The van der Waals surface area contributed by atoms with E-state index in [2.05, 4.69) is 21.4 Å². The highest BCUT2D eigenvalue weighted by Crippen LogP contribution is 2.21. The average molecular weight is 258 g/mol. The fourth-order valence-electron chi connectivity index (χ4n) is 1.65. The van der Waals surface area contributed by atoms with Gasteiger partial charge in [0.15, 0.2) is 0 Å². The Bertz CT molecular complexity index is 542. The van der Waals surface area contributed by atoms with Crippen molar-refractivity contribution in [2.24, 2.45) is 0 Å². The summed E-state index contributed by atoms with van der Waals surface area (Å²) in [6, 6.07) is 9.67. The highest BCUT2D eigenvalue weighted by atomic mass is 16.5. The van der Waals surface area contributed by atoms with Gasteiger partial charge in [0, 0.05) is 32.9 Å². The second kappa shape index (κ2) is 6.15. The lowest BCUT2D eigenvalue weighted by atomic mass is 10.2. The van der Waals surface area contributed by atoms with Crippen LogP contribution < -0.4 is 15.0 Å². The van der Waals surface area contributed by atoms with Crippen LogP contribution in [-0.4, -0.2) is 31.1 Å². The zero-order valence-corrected chi connectivity index (χ0v) is 11.4. The minimum atomic E-state index is 0.542. The molecule has 0 aliphatic heterocycles. The SMILES string of the molecule is CNCc1cccc(Oc2ccnc(N(C)C)n2)c1. The van der Waals surface area contributed by atoms with Crippen LogP contribution in [0.3, 0.4) is 0 Å². The maximum absolute atomic E-state index is 5.75. The molecule has 0 bridgehead atoms. The van der Waals surface area contributed by atoms with Crippen molar-refractivity contribution in [3.63, 3.8) is 0 Å². The molecule has 0 radical (unpaired) electrons. The molecule has 0 fully saturated rings. The largest absolute Gasteiger partial charge is 0.439 e. The normalized spacial score (nSPS) is 10.3. The summed E-state index contributed by atoms with van der Waals surface area (Å²) in [5, 5.41) is 3.11. The Morgan fingerprint density at radius 1 is 1.26 bits per heavy atom. The van der Waals surface area contributed by atoms with Crippen LogP contribution >= 0.6 is 0 Å². The number of nitrogens with one attached hydrogen (secondary N) is 1. The molecule has 19 heavy (non-hydrogen) atoms. The lowest BCUT2D eigenvalue weighted by Crippen LogP contribution is -2.12. The standard InChI is InChI=1S/C14H18N4O/c1-15-10-11-5-4-6-12(9-11)19-13-7-8-16-14(17-13)18(2)3/h4-9,15H,10H2,1-3H3. The maximum atomic E-state index is 5.75. The third kappa shape index (κ3) is 3.66. The summed E-state index contributed by atoms with van der Waals surface area (Å²) < 4.78 is 5.75. The molecule has 0 aliphatic rings. The molecule has 1 aromatic heterocycles. The quantitative estimate of drug-likeness (QED) is 0.889. The van der Waals surface area contributed by atoms with Crippen molar-refractivity contribution in [1.82, 2.24) is 15.3 Å². The fourth-order valence-corrected chi connectivity index (χ4v) is 1.65. The first-order valence-corrected chi connectivity index (χ1v) is 6.11. The van der Waals surface area contributed by atoms with Crippen LogP contribution in [0.5, 0.6) is 11.6 Å². The molecule has 2 aromatic rings. The van der Waals surface area contributed by atoms with E-state index in [0.29, 0.717) is 11.8 Å². The Morgan fingerprint density at radius 3 is 2.84 bits per heavy atom. The Morgan fingerprint density at radius 2 is 2.11 bits per heavy atom. The van der Waals surface area contributed by atoms with Crippen molar-refractivity contribution in [1.29, 1.82) is 0 Å². The lowest BCUT2D eigenvalue weighted by molar-refractivity contribution is 0.461. The van der Waals surface area contributed by atoms with Crippen molar-refractivity contribution >= 4 is 5.95 Å². The number of hydrogen-bond acceptors (Lipinski definition) is 5. The molecular weight excluding hydrogens is 240 g/mol. The first kappa shape index (κ1) is 13.3. The van der Waals surface area contributed by atoms with Crippen LogP contribution in [0, 0.1) is 0 Å². The molecule has 0 aliphatic carbocycles. The smallest absolute Gasteiger partial charge is 0.228 e. The summed E-state index contributed by atoms with van der Waals surface area (Å²) >= 11 is 0. The van der Waals surface area contributed by atoms with E-state index in [1.807, 2.05) is 44.2 Å². The summed E-state index contributed by atoms with van der Waals surface area (Å²) in [5.74, 6) is 1.94. The van der Waals surface area contributed by atoms with E-state index in [1.165, 1.54) is 5.56 Å². The monoisotopic (exact) mass is 258 g/mol. The number of anilines is 1. The molecule has 2 rings (SSSR count). The van der Waals surface area contributed by atoms with Crippen molar-refractivity contribution in [3.8, 4) is 11.6 Å². The number of rotatable bonds is 5. The van der Waals surface area contributed by atoms with Gasteiger partial charge in [-0.2, -0.15) is 4.98 Å². The van der Waals surface area contributed by atoms with Crippen molar-refractivity contribution in [2.45, 2.75) is 6.54 Å². The van der Waals surface area contributed by atoms with Crippen molar-refractivity contribution < 1.29 is 4.74 Å². The molecule has 0 amide bonds. The van der Waals surface area contributed by atoms with Crippen LogP contribution in [0.1, 0.15) is 5.56 Å². The molecule has 1 N–H and O–H groups in total. The first-order chi connectivity index (χ1) is 9.19. The number of aromatic nitrogens is 2. The molecule has 5 nitrogen and oxygen atoms in total. The van der Waals surface area contributed by atoms with E-state index in [4.69, 9.17) is 4.74 Å². The summed E-state index contributed by atoms with van der Waals surface area (Å²) in [4.78, 5) is 10.3. The van der Waals surface area contributed by atoms with Gasteiger partial charge in [-0.1, -0.05) is 12.1 Å². The van der Waals surface area contributed by atoms with Gasteiger partial charge in [0.2, 0.25) is 11.8 Å². The minimum absolute atomic E-state index is 0.542. The van der Waals surface area contributed by atoms with Gasteiger partial charge < -0.3 is 15.0 Å². The van der Waals surface area contributed by atoms with Gasteiger partial charge in [0.05, 0.1) is 0 Å². The Labute approximate surface area is 113 Å². The predicted molar refractivity (Wildman–Crippen MR) is 75.6 cm³/mol. The Kier molecular flexibility index (Phi) is 4.30. The third-order valence-electron chi connectivity index (χ3n) is 2.52. The molecular formula is C14H18N4O. The van der Waals surface area contributed by atoms with E-state index in [1.54, 1.807) is 12.3 Å². The van der Waals surface area contributed by atoms with Crippen LogP contribution in [-0.2, 0) is 6.54 Å². The van der Waals surface area contributed by atoms with Gasteiger partial charge >= 0.3 is 0 Å². The van der Waals surface area contributed by atoms with Gasteiger partial charge in [-0.25, -0.2) is 4.98 Å². The number of hydrogen-bond donors (Lipinski definition) is 1. The second-order valence-corrected chi connectivity index (χ2v) is 4.37. The zero-order chi connectivity index (χ0) is 13.7. The fraction of sp³-hybridized carbons (Fsp3) is 0.286. The number of ether oxygens (including phenoxy) is 1. The molecule has 0 unspecified atom stereocenters. The van der Waals surface area contributed by atoms with E-state index < -0.39 is 0 Å². The Hall–Kier alpha value is -2.14. The third-order valence-corrected chi connectivity index (χ3v) is 2.52. The lowest BCUT2D eigenvalue weighted by Gasteiger charge is -2.11. The maximum Gasteiger partial charge on any atom is 0.228 e. The first-order valence-electron chi connectivity index (χ1n) is 6.11. The van der Waals surface area contributed by atoms with E-state index in [0.717, 1.165) is 12.3 Å². The molecule has 0 spiro atoms. The average Bonchev–Trinajstić information content (AvgIpc) is 2.40. The van der Waals surface area contributed by atoms with E-state index in [-0.39, 0.29) is 0 Å². The van der Waals surface area contributed by atoms with Crippen molar-refractivity contribution in [2.75, 3.05) is 26.0 Å². The van der Waals surface area contributed by atoms with Gasteiger partial charge in [-0.15, -0.1) is 0 Å². The van der Waals surface area contributed by atoms with Gasteiger partial charge in [0.1, 0.15) is 5.75 Å². The van der Waals surface area contributed by atoms with Crippen molar-refractivity contribution in [3.05, 3.63) is 42.1 Å². The highest BCUT2D eigenvalue weighted by molar-refractivity contribution is 5.34. The summed E-state index contributed by atoms with van der Waals surface area (Å²) in [5.41, 5.74) is 1.17. The summed E-state index contributed by atoms with van der Waals surface area (Å²) in [7, 11) is 5.71. The van der Waals surface area contributed by atoms with Crippen LogP contribution in [0.4, 0.5) is 5.95 Å². The molecule has 1 aromatic carbocycles. The van der Waals surface area contributed by atoms with Crippen LogP contribution in [0.15, 0.2) is 36.5 Å². The molecule has 5 heteroatoms. The zero-order valence-electron chi connectivity index (χ0n) is 11.4. The van der Waals surface area contributed by atoms with Gasteiger partial charge in [0.25, 0.3) is 0 Å². The van der Waals surface area contributed by atoms with Gasteiger partial charge in [-0.05, 0) is 24.7 Å². The highest BCUT2D eigenvalue weighted by Gasteiger charge is 2.03. The predicted octanol–water partition coefficient (Wildman–Crippen LogP) is 2.05. The summed E-state index contributed by atoms with van der Waals surface area (Å²) in [6.45, 7) is 0.809. The summed E-state index contributed by atoms with van der Waals surface area (Å²) in [6.07, 6.45) is 1.69. The topological polar surface area (TPSA) is 50.3 Å². The Balaban J connectivity index is 2.16.